The summed E-state index contributed by atoms with van der Waals surface area (Å²) in [5.41, 5.74) is 16.2. The summed E-state index contributed by atoms with van der Waals surface area (Å²) in [6.45, 7) is 7.81. The predicted molar refractivity (Wildman–Crippen MR) is 125 cm³/mol. The summed E-state index contributed by atoms with van der Waals surface area (Å²) in [6.07, 6.45) is 0.773. The lowest BCUT2D eigenvalue weighted by molar-refractivity contribution is -0.143. The van der Waals surface area contributed by atoms with Gasteiger partial charge < -0.3 is 43.6 Å². The number of amides is 4. The number of carbonyl (C=O) groups excluding carboxylic acids is 4. The van der Waals surface area contributed by atoms with Crippen molar-refractivity contribution in [2.45, 2.75) is 77.7 Å². The van der Waals surface area contributed by atoms with Gasteiger partial charge in [0.15, 0.2) is 5.96 Å². The van der Waals surface area contributed by atoms with Crippen molar-refractivity contribution < 1.29 is 29.1 Å². The molecule has 0 aromatic heterocycles. The van der Waals surface area contributed by atoms with Crippen molar-refractivity contribution in [2.75, 3.05) is 6.54 Å². The van der Waals surface area contributed by atoms with Crippen molar-refractivity contribution >= 4 is 35.6 Å². The minimum atomic E-state index is -1.19. The van der Waals surface area contributed by atoms with E-state index in [4.69, 9.17) is 22.3 Å². The number of nitrogens with two attached hydrogens (primary N) is 3. The largest absolute Gasteiger partial charge is 0.480 e. The molecule has 5 unspecified atom stereocenters. The molecule has 0 aromatic carbocycles. The van der Waals surface area contributed by atoms with Gasteiger partial charge in [-0.05, 0) is 39.5 Å². The average molecular weight is 487 g/mol. The molecule has 0 saturated carbocycles. The standard InChI is InChI=1S/C20H38N8O6/c1-9(2)14(19(33)34)28-17(31)12(5)26-15(29)10(3)25-16(30)11(4)27-18(32)13(21)7-6-8-24-20(22)23/h9-14H,6-8,21H2,1-5H3,(H,25,30)(H,26,29)(H,27,32)(H,28,31)(H,33,34)(H4,22,23,24). The summed E-state index contributed by atoms with van der Waals surface area (Å²) in [6, 6.07) is -5.02. The van der Waals surface area contributed by atoms with Crippen molar-refractivity contribution in [3.05, 3.63) is 0 Å². The fraction of sp³-hybridized carbons (Fsp3) is 0.700. The summed E-state index contributed by atoms with van der Waals surface area (Å²) in [7, 11) is 0. The highest BCUT2D eigenvalue weighted by atomic mass is 16.4. The molecule has 4 amide bonds. The second-order valence-corrected chi connectivity index (χ2v) is 8.31. The molecule has 0 bridgehead atoms. The lowest BCUT2D eigenvalue weighted by Gasteiger charge is -2.23. The Morgan fingerprint density at radius 1 is 0.765 bits per heavy atom. The van der Waals surface area contributed by atoms with Gasteiger partial charge in [-0.25, -0.2) is 4.79 Å². The molecule has 194 valence electrons. The van der Waals surface area contributed by atoms with Gasteiger partial charge in [0.05, 0.1) is 6.04 Å². The minimum Gasteiger partial charge on any atom is -0.480 e. The molecule has 34 heavy (non-hydrogen) atoms. The molecule has 0 radical (unpaired) electrons. The first kappa shape index (κ1) is 30.6. The number of nitrogens with zero attached hydrogens (tertiary/aromatic N) is 1. The number of nitrogens with one attached hydrogen (secondary N) is 4. The van der Waals surface area contributed by atoms with Gasteiger partial charge in [0.25, 0.3) is 0 Å². The Morgan fingerprint density at radius 3 is 1.56 bits per heavy atom. The Morgan fingerprint density at radius 2 is 1.18 bits per heavy atom. The third kappa shape index (κ3) is 11.4. The predicted octanol–water partition coefficient (Wildman–Crippen LogP) is -2.89. The quantitative estimate of drug-likeness (QED) is 0.0712. The van der Waals surface area contributed by atoms with Gasteiger partial charge in [0.1, 0.15) is 24.2 Å². The van der Waals surface area contributed by atoms with Gasteiger partial charge in [-0.2, -0.15) is 0 Å². The maximum absolute atomic E-state index is 12.3. The number of rotatable bonds is 14. The molecule has 0 aliphatic heterocycles. The molecule has 14 nitrogen and oxygen atoms in total. The van der Waals surface area contributed by atoms with Crippen molar-refractivity contribution in [1.82, 2.24) is 21.3 Å². The van der Waals surface area contributed by atoms with Gasteiger partial charge in [0, 0.05) is 6.54 Å². The molecule has 0 spiro atoms. The van der Waals surface area contributed by atoms with Crippen LogP contribution in [0.2, 0.25) is 0 Å². The first-order valence-corrected chi connectivity index (χ1v) is 10.9. The van der Waals surface area contributed by atoms with Crippen LogP contribution in [0.25, 0.3) is 0 Å². The molecule has 0 saturated heterocycles. The normalized spacial score (nSPS) is 15.1. The van der Waals surface area contributed by atoms with Crippen molar-refractivity contribution in [2.24, 2.45) is 28.1 Å². The molecule has 0 heterocycles. The highest BCUT2D eigenvalue weighted by molar-refractivity contribution is 5.95. The molecule has 14 heteroatoms. The molecule has 0 aliphatic carbocycles. The van der Waals surface area contributed by atoms with Gasteiger partial charge in [-0.3, -0.25) is 24.2 Å². The molecular weight excluding hydrogens is 448 g/mol. The third-order valence-corrected chi connectivity index (χ3v) is 4.79. The minimum absolute atomic E-state index is 0.0588. The van der Waals surface area contributed by atoms with Gasteiger partial charge in [-0.15, -0.1) is 0 Å². The van der Waals surface area contributed by atoms with E-state index >= 15 is 0 Å². The van der Waals surface area contributed by atoms with Crippen LogP contribution in [-0.4, -0.2) is 77.4 Å². The van der Waals surface area contributed by atoms with Crippen LogP contribution in [0.5, 0.6) is 0 Å². The highest BCUT2D eigenvalue weighted by Crippen LogP contribution is 2.02. The van der Waals surface area contributed by atoms with E-state index in [1.807, 2.05) is 0 Å². The second kappa shape index (κ2) is 14.7. The molecule has 5 atom stereocenters. The average Bonchev–Trinajstić information content (AvgIpc) is 2.73. The van der Waals surface area contributed by atoms with Crippen molar-refractivity contribution in [3.8, 4) is 0 Å². The van der Waals surface area contributed by atoms with E-state index in [2.05, 4.69) is 26.3 Å². The van der Waals surface area contributed by atoms with Gasteiger partial charge in [-0.1, -0.05) is 13.8 Å². The van der Waals surface area contributed by atoms with Gasteiger partial charge >= 0.3 is 5.97 Å². The Labute approximate surface area is 198 Å². The summed E-state index contributed by atoms with van der Waals surface area (Å²) in [5, 5.41) is 18.8. The lowest BCUT2D eigenvalue weighted by Crippen LogP contribution is -2.57. The lowest BCUT2D eigenvalue weighted by atomic mass is 10.0. The zero-order valence-corrected chi connectivity index (χ0v) is 20.3. The zero-order chi connectivity index (χ0) is 26.6. The summed E-state index contributed by atoms with van der Waals surface area (Å²) < 4.78 is 0. The number of carboxylic acids is 1. The van der Waals surface area contributed by atoms with Crippen LogP contribution in [0.15, 0.2) is 4.99 Å². The van der Waals surface area contributed by atoms with Gasteiger partial charge in [0.2, 0.25) is 23.6 Å². The van der Waals surface area contributed by atoms with Crippen LogP contribution in [0, 0.1) is 5.92 Å². The molecule has 11 N–H and O–H groups in total. The summed E-state index contributed by atoms with van der Waals surface area (Å²) in [5.74, 6) is -4.13. The van der Waals surface area contributed by atoms with E-state index in [9.17, 15) is 24.0 Å². The Bertz CT molecular complexity index is 768. The monoisotopic (exact) mass is 486 g/mol. The second-order valence-electron chi connectivity index (χ2n) is 8.31. The van der Waals surface area contributed by atoms with E-state index < -0.39 is 59.8 Å². The van der Waals surface area contributed by atoms with E-state index in [1.54, 1.807) is 13.8 Å². The van der Waals surface area contributed by atoms with E-state index in [1.165, 1.54) is 20.8 Å². The van der Waals surface area contributed by atoms with Crippen LogP contribution in [0.4, 0.5) is 0 Å². The number of aliphatic carboxylic acids is 1. The molecule has 0 aromatic rings. The summed E-state index contributed by atoms with van der Waals surface area (Å²) in [4.78, 5) is 64.0. The first-order chi connectivity index (χ1) is 15.7. The first-order valence-electron chi connectivity index (χ1n) is 10.9. The van der Waals surface area contributed by atoms with Crippen LogP contribution in [-0.2, 0) is 24.0 Å². The number of hydrogen-bond acceptors (Lipinski definition) is 7. The zero-order valence-electron chi connectivity index (χ0n) is 20.3. The Hall–Kier alpha value is -3.42. The number of hydrogen-bond donors (Lipinski definition) is 8. The van der Waals surface area contributed by atoms with E-state index in [-0.39, 0.29) is 11.9 Å². The Balaban J connectivity index is 4.63. The maximum Gasteiger partial charge on any atom is 0.326 e. The topological polar surface area (TPSA) is 244 Å². The number of guanidine groups is 1. The number of carbonyl (C=O) groups is 5. The SMILES string of the molecule is CC(NC(=O)C(N)CCCN=C(N)N)C(=O)NC(C)C(=O)NC(C)C(=O)NC(C(=O)O)C(C)C. The maximum atomic E-state index is 12.3. The molecule has 0 fully saturated rings. The number of carboxylic acid groups (broad SMARTS) is 1. The highest BCUT2D eigenvalue weighted by Gasteiger charge is 2.28. The molecule has 0 aliphatic rings. The number of aliphatic imine (C=N–C) groups is 1. The Kier molecular flexibility index (Phi) is 13.2. The van der Waals surface area contributed by atoms with E-state index in [0.717, 1.165) is 0 Å². The van der Waals surface area contributed by atoms with E-state index in [0.29, 0.717) is 19.4 Å². The molecule has 0 rings (SSSR count). The fourth-order valence-electron chi connectivity index (χ4n) is 2.64. The van der Waals surface area contributed by atoms with Crippen molar-refractivity contribution in [1.29, 1.82) is 0 Å². The fourth-order valence-corrected chi connectivity index (χ4v) is 2.64. The van der Waals surface area contributed by atoms with Crippen LogP contribution < -0.4 is 38.5 Å². The van der Waals surface area contributed by atoms with Crippen LogP contribution in [0.3, 0.4) is 0 Å². The molecular formula is C20H38N8O6. The van der Waals surface area contributed by atoms with Crippen LogP contribution in [0.1, 0.15) is 47.5 Å². The third-order valence-electron chi connectivity index (χ3n) is 4.79. The van der Waals surface area contributed by atoms with Crippen molar-refractivity contribution in [3.63, 3.8) is 0 Å². The van der Waals surface area contributed by atoms with Crippen LogP contribution >= 0.6 is 0 Å². The smallest absolute Gasteiger partial charge is 0.326 e. The summed E-state index contributed by atoms with van der Waals surface area (Å²) >= 11 is 0.